The second-order valence-electron chi connectivity index (χ2n) is 7.61. The second kappa shape index (κ2) is 12.9. The van der Waals surface area contributed by atoms with Crippen LogP contribution in [0.2, 0.25) is 0 Å². The smallest absolute Gasteiger partial charge is 0.191 e. The molecule has 1 aliphatic rings. The number of halogens is 1. The summed E-state index contributed by atoms with van der Waals surface area (Å²) in [6.07, 6.45) is 0.978. The summed E-state index contributed by atoms with van der Waals surface area (Å²) < 4.78 is 5.50. The largest absolute Gasteiger partial charge is 0.379 e. The van der Waals surface area contributed by atoms with Crippen LogP contribution in [0.1, 0.15) is 23.7 Å². The van der Waals surface area contributed by atoms with Gasteiger partial charge in [-0.2, -0.15) is 0 Å². The number of hydrogen-bond acceptors (Lipinski definition) is 6. The summed E-state index contributed by atoms with van der Waals surface area (Å²) in [5.41, 5.74) is 1.09. The number of hydrogen-bond donors (Lipinski definition) is 2. The van der Waals surface area contributed by atoms with Crippen LogP contribution in [0.4, 0.5) is 0 Å². The highest BCUT2D eigenvalue weighted by atomic mass is 127. The number of rotatable bonds is 8. The van der Waals surface area contributed by atoms with Crippen molar-refractivity contribution >= 4 is 52.6 Å². The van der Waals surface area contributed by atoms with Crippen LogP contribution in [-0.4, -0.2) is 68.3 Å². The number of nitrogens with zero attached hydrogens (tertiary/aromatic N) is 3. The lowest BCUT2D eigenvalue weighted by Gasteiger charge is -2.37. The standard InChI is InChI=1S/C21H33N5OS2.HI/c1-15(2)19(26-9-11-27-12-10-26)13-24-21(22-4)23-8-7-17-5-6-20(29-17)18-14-28-16(3)25-18;/h5-6,14-15,19H,7-13H2,1-4H3,(H2,22,23,24);1H. The molecule has 1 atom stereocenters. The molecule has 0 amide bonds. The molecule has 9 heteroatoms. The van der Waals surface area contributed by atoms with E-state index in [2.05, 4.69) is 56.9 Å². The zero-order valence-electron chi connectivity index (χ0n) is 18.3. The van der Waals surface area contributed by atoms with Crippen LogP contribution in [-0.2, 0) is 11.2 Å². The summed E-state index contributed by atoms with van der Waals surface area (Å²) in [6, 6.07) is 4.87. The Morgan fingerprint density at radius 1 is 1.27 bits per heavy atom. The summed E-state index contributed by atoms with van der Waals surface area (Å²) in [4.78, 5) is 14.1. The zero-order chi connectivity index (χ0) is 20.6. The van der Waals surface area contributed by atoms with E-state index in [1.54, 1.807) is 11.3 Å². The Morgan fingerprint density at radius 3 is 2.67 bits per heavy atom. The first kappa shape index (κ1) is 25.5. The molecule has 1 aliphatic heterocycles. The zero-order valence-corrected chi connectivity index (χ0v) is 22.3. The Hall–Kier alpha value is -0.750. The summed E-state index contributed by atoms with van der Waals surface area (Å²) >= 11 is 3.53. The highest BCUT2D eigenvalue weighted by molar-refractivity contribution is 14.0. The number of ether oxygens (including phenoxy) is 1. The van der Waals surface area contributed by atoms with Crippen molar-refractivity contribution < 1.29 is 4.74 Å². The van der Waals surface area contributed by atoms with Crippen molar-refractivity contribution in [2.75, 3.05) is 46.4 Å². The molecule has 3 heterocycles. The normalized spacial score (nSPS) is 16.4. The van der Waals surface area contributed by atoms with Crippen molar-refractivity contribution in [2.24, 2.45) is 10.9 Å². The molecule has 0 aliphatic carbocycles. The molecule has 2 aromatic rings. The number of nitrogens with one attached hydrogen (secondary N) is 2. The molecule has 0 radical (unpaired) electrons. The molecule has 6 nitrogen and oxygen atoms in total. The van der Waals surface area contributed by atoms with Crippen molar-refractivity contribution in [1.29, 1.82) is 0 Å². The fraction of sp³-hybridized carbons (Fsp3) is 0.619. The molecule has 0 bridgehead atoms. The third-order valence-electron chi connectivity index (χ3n) is 5.18. The maximum atomic E-state index is 5.50. The van der Waals surface area contributed by atoms with Crippen molar-refractivity contribution in [2.45, 2.75) is 33.2 Å². The van der Waals surface area contributed by atoms with E-state index in [4.69, 9.17) is 4.74 Å². The lowest BCUT2D eigenvalue weighted by molar-refractivity contribution is 0.00752. The van der Waals surface area contributed by atoms with E-state index >= 15 is 0 Å². The van der Waals surface area contributed by atoms with E-state index in [9.17, 15) is 0 Å². The van der Waals surface area contributed by atoms with Gasteiger partial charge in [-0.25, -0.2) is 4.98 Å². The average Bonchev–Trinajstić information content (AvgIpc) is 3.36. The van der Waals surface area contributed by atoms with Gasteiger partial charge in [-0.05, 0) is 31.4 Å². The molecule has 1 unspecified atom stereocenters. The molecular formula is C21H34IN5OS2. The molecule has 0 saturated carbocycles. The van der Waals surface area contributed by atoms with Gasteiger partial charge in [-0.1, -0.05) is 13.8 Å². The van der Waals surface area contributed by atoms with E-state index in [1.165, 1.54) is 9.75 Å². The van der Waals surface area contributed by atoms with Crippen LogP contribution in [0, 0.1) is 12.8 Å². The van der Waals surface area contributed by atoms with Gasteiger partial charge in [0.25, 0.3) is 0 Å². The maximum Gasteiger partial charge on any atom is 0.191 e. The second-order valence-corrected chi connectivity index (χ2v) is 9.84. The predicted molar refractivity (Wildman–Crippen MR) is 140 cm³/mol. The van der Waals surface area contributed by atoms with Gasteiger partial charge in [0.1, 0.15) is 0 Å². The maximum absolute atomic E-state index is 5.50. The van der Waals surface area contributed by atoms with Gasteiger partial charge in [0.05, 0.1) is 28.8 Å². The summed E-state index contributed by atoms with van der Waals surface area (Å²) in [7, 11) is 1.84. The summed E-state index contributed by atoms with van der Waals surface area (Å²) in [5.74, 6) is 1.45. The van der Waals surface area contributed by atoms with E-state index in [0.29, 0.717) is 12.0 Å². The molecule has 0 aromatic carbocycles. The van der Waals surface area contributed by atoms with Gasteiger partial charge >= 0.3 is 0 Å². The number of aryl methyl sites for hydroxylation is 1. The first-order valence-electron chi connectivity index (χ1n) is 10.3. The van der Waals surface area contributed by atoms with Gasteiger partial charge in [-0.15, -0.1) is 46.7 Å². The average molecular weight is 564 g/mol. The van der Waals surface area contributed by atoms with Crippen LogP contribution in [0.5, 0.6) is 0 Å². The Labute approximate surface area is 205 Å². The number of aliphatic imine (C=N–C) groups is 1. The SMILES string of the molecule is CN=C(NCCc1ccc(-c2csc(C)n2)s1)NCC(C(C)C)N1CCOCC1.I. The van der Waals surface area contributed by atoms with Crippen molar-refractivity contribution in [3.63, 3.8) is 0 Å². The lowest BCUT2D eigenvalue weighted by Crippen LogP contribution is -2.52. The first-order chi connectivity index (χ1) is 14.1. The van der Waals surface area contributed by atoms with E-state index in [0.717, 1.165) is 62.5 Å². The van der Waals surface area contributed by atoms with E-state index < -0.39 is 0 Å². The van der Waals surface area contributed by atoms with Crippen LogP contribution in [0.3, 0.4) is 0 Å². The molecule has 2 N–H and O–H groups in total. The molecular weight excluding hydrogens is 529 g/mol. The quantitative estimate of drug-likeness (QED) is 0.290. The van der Waals surface area contributed by atoms with Gasteiger partial charge in [-0.3, -0.25) is 9.89 Å². The van der Waals surface area contributed by atoms with Crippen LogP contribution < -0.4 is 10.6 Å². The molecule has 3 rings (SSSR count). The fourth-order valence-electron chi connectivity index (χ4n) is 3.55. The van der Waals surface area contributed by atoms with E-state index in [1.807, 2.05) is 25.3 Å². The molecule has 2 aromatic heterocycles. The number of guanidine groups is 1. The van der Waals surface area contributed by atoms with E-state index in [-0.39, 0.29) is 24.0 Å². The minimum Gasteiger partial charge on any atom is -0.379 e. The molecule has 1 fully saturated rings. The van der Waals surface area contributed by atoms with Crippen molar-refractivity contribution in [1.82, 2.24) is 20.5 Å². The Morgan fingerprint density at radius 2 is 2.03 bits per heavy atom. The highest BCUT2D eigenvalue weighted by Gasteiger charge is 2.23. The number of aromatic nitrogens is 1. The topological polar surface area (TPSA) is 61.8 Å². The van der Waals surface area contributed by atoms with Crippen molar-refractivity contribution in [3.8, 4) is 10.6 Å². The molecule has 1 saturated heterocycles. The minimum absolute atomic E-state index is 0. The van der Waals surface area contributed by atoms with Gasteiger partial charge in [0, 0.05) is 49.5 Å². The van der Waals surface area contributed by atoms with Gasteiger partial charge < -0.3 is 15.4 Å². The summed E-state index contributed by atoms with van der Waals surface area (Å²) in [6.45, 7) is 12.1. The Bertz CT molecular complexity index is 786. The molecule has 30 heavy (non-hydrogen) atoms. The number of thiazole rings is 1. The minimum atomic E-state index is 0. The van der Waals surface area contributed by atoms with Crippen molar-refractivity contribution in [3.05, 3.63) is 27.4 Å². The lowest BCUT2D eigenvalue weighted by atomic mass is 10.0. The number of thiophene rings is 1. The van der Waals surface area contributed by atoms with Crippen LogP contribution >= 0.6 is 46.7 Å². The van der Waals surface area contributed by atoms with Gasteiger partial charge in [0.15, 0.2) is 5.96 Å². The summed E-state index contributed by atoms with van der Waals surface area (Å²) in [5, 5.41) is 10.2. The predicted octanol–water partition coefficient (Wildman–Crippen LogP) is 3.86. The highest BCUT2D eigenvalue weighted by Crippen LogP contribution is 2.29. The third-order valence-corrected chi connectivity index (χ3v) is 7.12. The molecule has 168 valence electrons. The Balaban J connectivity index is 0.00000320. The Kier molecular flexibility index (Phi) is 11.0. The number of morpholine rings is 1. The van der Waals surface area contributed by atoms with Crippen LogP contribution in [0.15, 0.2) is 22.5 Å². The fourth-order valence-corrected chi connectivity index (χ4v) is 5.20. The third kappa shape index (κ3) is 7.44. The van der Waals surface area contributed by atoms with Crippen LogP contribution in [0.25, 0.3) is 10.6 Å². The first-order valence-corrected chi connectivity index (χ1v) is 12.0. The monoisotopic (exact) mass is 563 g/mol. The molecule has 0 spiro atoms. The van der Waals surface area contributed by atoms with Gasteiger partial charge in [0.2, 0.25) is 0 Å².